The summed E-state index contributed by atoms with van der Waals surface area (Å²) in [5.74, 6) is -0.217. The molecule has 2 aromatic carbocycles. The molecule has 0 spiro atoms. The minimum Gasteiger partial charge on any atom is -0.361 e. The van der Waals surface area contributed by atoms with E-state index < -0.39 is 0 Å². The number of aromatic amines is 1. The number of nitrogens with one attached hydrogen (secondary N) is 2. The molecule has 0 unspecified atom stereocenters. The maximum Gasteiger partial charge on any atom is 0.220 e. The van der Waals surface area contributed by atoms with Gasteiger partial charge in [-0.05, 0) is 60.6 Å². The highest BCUT2D eigenvalue weighted by Crippen LogP contribution is 2.30. The Morgan fingerprint density at radius 1 is 1.24 bits per heavy atom. The van der Waals surface area contributed by atoms with Gasteiger partial charge >= 0.3 is 0 Å². The van der Waals surface area contributed by atoms with E-state index in [1.807, 2.05) is 30.5 Å². The largest absolute Gasteiger partial charge is 0.361 e. The zero-order valence-corrected chi connectivity index (χ0v) is 14.0. The van der Waals surface area contributed by atoms with E-state index in [9.17, 15) is 9.18 Å². The molecule has 128 valence electrons. The van der Waals surface area contributed by atoms with Crippen LogP contribution in [0.4, 0.5) is 4.39 Å². The number of para-hydroxylation sites is 1. The van der Waals surface area contributed by atoms with Crippen molar-refractivity contribution in [1.82, 2.24) is 10.3 Å². The first-order chi connectivity index (χ1) is 12.2. The van der Waals surface area contributed by atoms with Crippen LogP contribution in [0.2, 0.25) is 0 Å². The number of aromatic nitrogens is 1. The first-order valence-corrected chi connectivity index (χ1v) is 8.83. The summed E-state index contributed by atoms with van der Waals surface area (Å²) >= 11 is 0. The Balaban J connectivity index is 1.42. The van der Waals surface area contributed by atoms with E-state index in [1.165, 1.54) is 11.5 Å². The highest BCUT2D eigenvalue weighted by molar-refractivity contribution is 5.84. The average molecular weight is 336 g/mol. The third-order valence-electron chi connectivity index (χ3n) is 5.05. The van der Waals surface area contributed by atoms with Crippen LogP contribution in [0.25, 0.3) is 10.9 Å². The van der Waals surface area contributed by atoms with Crippen LogP contribution in [-0.2, 0) is 17.6 Å². The topological polar surface area (TPSA) is 44.9 Å². The number of hydrogen-bond donors (Lipinski definition) is 2. The average Bonchev–Trinajstić information content (AvgIpc) is 3.04. The van der Waals surface area contributed by atoms with Crippen molar-refractivity contribution < 1.29 is 9.18 Å². The molecule has 3 aromatic rings. The van der Waals surface area contributed by atoms with E-state index in [2.05, 4.69) is 16.4 Å². The fourth-order valence-electron chi connectivity index (χ4n) is 3.77. The second-order valence-corrected chi connectivity index (χ2v) is 6.71. The molecule has 0 saturated heterocycles. The minimum absolute atomic E-state index is 0.0207. The molecule has 25 heavy (non-hydrogen) atoms. The molecule has 1 aliphatic rings. The molecular weight excluding hydrogens is 315 g/mol. The van der Waals surface area contributed by atoms with Gasteiger partial charge in [-0.25, -0.2) is 4.39 Å². The van der Waals surface area contributed by atoms with Gasteiger partial charge in [0.2, 0.25) is 5.91 Å². The van der Waals surface area contributed by atoms with Crippen molar-refractivity contribution >= 4 is 16.8 Å². The fraction of sp³-hybridized carbons (Fsp3) is 0.286. The summed E-state index contributed by atoms with van der Waals surface area (Å²) in [5.41, 5.74) is 4.33. The summed E-state index contributed by atoms with van der Waals surface area (Å²) < 4.78 is 13.6. The molecule has 4 heteroatoms. The normalized spacial score (nSPS) is 16.6. The maximum atomic E-state index is 13.6. The quantitative estimate of drug-likeness (QED) is 0.727. The molecular formula is C21H21FN2O. The lowest BCUT2D eigenvalue weighted by atomic mass is 9.87. The molecule has 0 saturated carbocycles. The van der Waals surface area contributed by atoms with Gasteiger partial charge in [0.1, 0.15) is 5.82 Å². The highest BCUT2D eigenvalue weighted by Gasteiger charge is 2.22. The maximum absolute atomic E-state index is 13.6. The lowest BCUT2D eigenvalue weighted by molar-refractivity contribution is -0.121. The summed E-state index contributed by atoms with van der Waals surface area (Å²) in [4.78, 5) is 15.7. The molecule has 1 atom stereocenters. The standard InChI is InChI=1S/C21H21FN2O/c22-16-10-8-14-4-3-7-20(18(14)12-16)24-21(25)11-9-15-13-23-19-6-2-1-5-17(15)19/h1-2,5-6,8,10,12-13,20,23H,3-4,7,9,11H2,(H,24,25)/t20-/m0/s1. The van der Waals surface area contributed by atoms with Crippen LogP contribution in [0.1, 0.15) is 42.0 Å². The Kier molecular flexibility index (Phi) is 4.26. The number of fused-ring (bicyclic) bond motifs is 2. The molecule has 1 heterocycles. The fourth-order valence-corrected chi connectivity index (χ4v) is 3.77. The predicted octanol–water partition coefficient (Wildman–Crippen LogP) is 4.43. The van der Waals surface area contributed by atoms with Crippen molar-refractivity contribution in [3.8, 4) is 0 Å². The lowest BCUT2D eigenvalue weighted by Crippen LogP contribution is -2.31. The number of halogens is 1. The highest BCUT2D eigenvalue weighted by atomic mass is 19.1. The van der Waals surface area contributed by atoms with Crippen LogP contribution in [0.3, 0.4) is 0 Å². The molecule has 0 radical (unpaired) electrons. The van der Waals surface area contributed by atoms with Crippen molar-refractivity contribution in [3.05, 3.63) is 71.2 Å². The second-order valence-electron chi connectivity index (χ2n) is 6.71. The Morgan fingerprint density at radius 3 is 3.04 bits per heavy atom. The van der Waals surface area contributed by atoms with Gasteiger partial charge in [-0.3, -0.25) is 4.79 Å². The number of hydrogen-bond acceptors (Lipinski definition) is 1. The van der Waals surface area contributed by atoms with Crippen LogP contribution in [-0.4, -0.2) is 10.9 Å². The van der Waals surface area contributed by atoms with Gasteiger partial charge in [0.15, 0.2) is 0 Å². The van der Waals surface area contributed by atoms with E-state index in [-0.39, 0.29) is 17.8 Å². The van der Waals surface area contributed by atoms with E-state index in [0.29, 0.717) is 12.8 Å². The SMILES string of the molecule is O=C(CCc1c[nH]c2ccccc12)N[C@H]1CCCc2ccc(F)cc21. The molecule has 4 rings (SSSR count). The zero-order valence-electron chi connectivity index (χ0n) is 14.0. The molecule has 3 nitrogen and oxygen atoms in total. The van der Waals surface area contributed by atoms with E-state index in [0.717, 1.165) is 41.5 Å². The summed E-state index contributed by atoms with van der Waals surface area (Å²) in [6, 6.07) is 12.9. The number of aryl methyl sites for hydroxylation is 2. The molecule has 1 amide bonds. The molecule has 0 aliphatic heterocycles. The van der Waals surface area contributed by atoms with Crippen LogP contribution >= 0.6 is 0 Å². The van der Waals surface area contributed by atoms with Crippen LogP contribution < -0.4 is 5.32 Å². The summed E-state index contributed by atoms with van der Waals surface area (Å²) in [6.45, 7) is 0. The van der Waals surface area contributed by atoms with Crippen molar-refractivity contribution in [2.24, 2.45) is 0 Å². The monoisotopic (exact) mass is 336 g/mol. The van der Waals surface area contributed by atoms with E-state index in [4.69, 9.17) is 0 Å². The minimum atomic E-state index is -0.237. The van der Waals surface area contributed by atoms with Crippen molar-refractivity contribution in [2.45, 2.75) is 38.1 Å². The first-order valence-electron chi connectivity index (χ1n) is 8.83. The Bertz CT molecular complexity index is 915. The van der Waals surface area contributed by atoms with E-state index in [1.54, 1.807) is 6.07 Å². The van der Waals surface area contributed by atoms with Gasteiger partial charge in [0.05, 0.1) is 6.04 Å². The van der Waals surface area contributed by atoms with Crippen LogP contribution in [0.15, 0.2) is 48.7 Å². The Labute approximate surface area is 146 Å². The smallest absolute Gasteiger partial charge is 0.220 e. The Hall–Kier alpha value is -2.62. The first kappa shape index (κ1) is 15.9. The molecule has 0 bridgehead atoms. The number of benzene rings is 2. The van der Waals surface area contributed by atoms with Crippen molar-refractivity contribution in [2.75, 3.05) is 0 Å². The van der Waals surface area contributed by atoms with Gasteiger partial charge < -0.3 is 10.3 Å². The van der Waals surface area contributed by atoms with Gasteiger partial charge in [0, 0.05) is 23.5 Å². The summed E-state index contributed by atoms with van der Waals surface area (Å²) in [6.07, 6.45) is 5.95. The molecule has 2 N–H and O–H groups in total. The Morgan fingerprint density at radius 2 is 2.12 bits per heavy atom. The number of rotatable bonds is 4. The van der Waals surface area contributed by atoms with Gasteiger partial charge in [-0.2, -0.15) is 0 Å². The predicted molar refractivity (Wildman–Crippen MR) is 96.8 cm³/mol. The lowest BCUT2D eigenvalue weighted by Gasteiger charge is -2.26. The summed E-state index contributed by atoms with van der Waals surface area (Å²) in [5, 5.41) is 4.26. The number of carbonyl (C=O) groups is 1. The van der Waals surface area contributed by atoms with Crippen LogP contribution in [0, 0.1) is 5.82 Å². The van der Waals surface area contributed by atoms with E-state index >= 15 is 0 Å². The number of amides is 1. The number of H-pyrrole nitrogens is 1. The van der Waals surface area contributed by atoms with Gasteiger partial charge in [-0.1, -0.05) is 24.3 Å². The van der Waals surface area contributed by atoms with Gasteiger partial charge in [-0.15, -0.1) is 0 Å². The van der Waals surface area contributed by atoms with Crippen molar-refractivity contribution in [3.63, 3.8) is 0 Å². The summed E-state index contributed by atoms with van der Waals surface area (Å²) in [7, 11) is 0. The van der Waals surface area contributed by atoms with Gasteiger partial charge in [0.25, 0.3) is 0 Å². The third-order valence-corrected chi connectivity index (χ3v) is 5.05. The molecule has 0 fully saturated rings. The van der Waals surface area contributed by atoms with Crippen molar-refractivity contribution in [1.29, 1.82) is 0 Å². The molecule has 1 aliphatic carbocycles. The van der Waals surface area contributed by atoms with Crippen LogP contribution in [0.5, 0.6) is 0 Å². The zero-order chi connectivity index (χ0) is 17.2. The second kappa shape index (κ2) is 6.71. The third kappa shape index (κ3) is 3.29. The molecule has 1 aromatic heterocycles. The number of carbonyl (C=O) groups excluding carboxylic acids is 1.